The number of carbonyl (C=O) groups is 1. The highest BCUT2D eigenvalue weighted by atomic mass is 16.5. The van der Waals surface area contributed by atoms with Crippen molar-refractivity contribution in [2.45, 2.75) is 38.3 Å². The molecule has 1 aromatic rings. The monoisotopic (exact) mass is 358 g/mol. The summed E-state index contributed by atoms with van der Waals surface area (Å²) in [5.74, 6) is 2.16. The Morgan fingerprint density at radius 3 is 2.77 bits per heavy atom. The van der Waals surface area contributed by atoms with Crippen molar-refractivity contribution in [1.29, 1.82) is 0 Å². The first kappa shape index (κ1) is 17.8. The molecular weight excluding hydrogens is 328 g/mol. The fraction of sp³-hybridized carbons (Fsp3) is 0.667. The van der Waals surface area contributed by atoms with E-state index in [0.717, 1.165) is 64.3 Å². The van der Waals surface area contributed by atoms with Gasteiger partial charge in [0.25, 0.3) is 0 Å². The minimum absolute atomic E-state index is 0.0803. The summed E-state index contributed by atoms with van der Waals surface area (Å²) in [5, 5.41) is 0. The van der Waals surface area contributed by atoms with Gasteiger partial charge in [-0.15, -0.1) is 0 Å². The summed E-state index contributed by atoms with van der Waals surface area (Å²) in [7, 11) is 1.71. The third-order valence-electron chi connectivity index (χ3n) is 6.28. The van der Waals surface area contributed by atoms with Crippen molar-refractivity contribution in [2.24, 2.45) is 11.8 Å². The van der Waals surface area contributed by atoms with E-state index in [4.69, 9.17) is 9.47 Å². The van der Waals surface area contributed by atoms with Crippen molar-refractivity contribution in [1.82, 2.24) is 9.80 Å². The molecule has 2 atom stereocenters. The maximum absolute atomic E-state index is 12.5. The average molecular weight is 358 g/mol. The number of methoxy groups -OCH3 is 1. The number of benzene rings is 1. The molecule has 1 aromatic carbocycles. The number of ether oxygens (including phenoxy) is 2. The summed E-state index contributed by atoms with van der Waals surface area (Å²) in [6.07, 6.45) is 2.98. The van der Waals surface area contributed by atoms with Crippen LogP contribution in [0, 0.1) is 11.8 Å². The predicted octanol–water partition coefficient (Wildman–Crippen LogP) is 2.54. The number of hydrogen-bond acceptors (Lipinski definition) is 4. The number of carbonyl (C=O) groups excluding carboxylic acids is 1. The average Bonchev–Trinajstić information content (AvgIpc) is 3.39. The van der Waals surface area contributed by atoms with Gasteiger partial charge in [-0.05, 0) is 42.9 Å². The van der Waals surface area contributed by atoms with E-state index in [2.05, 4.69) is 28.9 Å². The summed E-state index contributed by atoms with van der Waals surface area (Å²) < 4.78 is 11.6. The van der Waals surface area contributed by atoms with Crippen molar-refractivity contribution in [3.8, 4) is 5.75 Å². The third kappa shape index (κ3) is 3.74. The lowest BCUT2D eigenvalue weighted by Crippen LogP contribution is -2.57. The second kappa shape index (κ2) is 7.20. The maximum atomic E-state index is 12.5. The number of likely N-dealkylation sites (tertiary alicyclic amines) is 1. The molecule has 0 unspecified atom stereocenters. The molecule has 1 amide bonds. The molecule has 2 heterocycles. The van der Waals surface area contributed by atoms with Crippen molar-refractivity contribution >= 4 is 5.91 Å². The largest absolute Gasteiger partial charge is 0.497 e. The zero-order valence-electron chi connectivity index (χ0n) is 15.9. The molecule has 3 aliphatic rings. The zero-order chi connectivity index (χ0) is 18.1. The van der Waals surface area contributed by atoms with Crippen LogP contribution >= 0.6 is 0 Å². The highest BCUT2D eigenvalue weighted by Gasteiger charge is 2.45. The van der Waals surface area contributed by atoms with Crippen molar-refractivity contribution in [3.63, 3.8) is 0 Å². The molecule has 5 nitrogen and oxygen atoms in total. The lowest BCUT2D eigenvalue weighted by atomic mass is 9.89. The van der Waals surface area contributed by atoms with Crippen LogP contribution in [0.5, 0.6) is 5.75 Å². The molecule has 4 rings (SSSR count). The van der Waals surface area contributed by atoms with E-state index in [1.54, 1.807) is 7.11 Å². The van der Waals surface area contributed by atoms with Crippen LogP contribution < -0.4 is 4.74 Å². The Hall–Kier alpha value is -1.59. The van der Waals surface area contributed by atoms with Gasteiger partial charge >= 0.3 is 0 Å². The van der Waals surface area contributed by atoms with E-state index in [-0.39, 0.29) is 5.60 Å². The first-order valence-electron chi connectivity index (χ1n) is 9.87. The number of rotatable bonds is 4. The molecule has 1 saturated carbocycles. The van der Waals surface area contributed by atoms with Gasteiger partial charge in [-0.1, -0.05) is 19.1 Å². The Morgan fingerprint density at radius 1 is 1.31 bits per heavy atom. The van der Waals surface area contributed by atoms with Crippen LogP contribution in [0.25, 0.3) is 0 Å². The summed E-state index contributed by atoms with van der Waals surface area (Å²) in [5.41, 5.74) is 1.19. The normalized spacial score (nSPS) is 28.2. The van der Waals surface area contributed by atoms with E-state index in [9.17, 15) is 4.79 Å². The fourth-order valence-electron chi connectivity index (χ4n) is 4.43. The predicted molar refractivity (Wildman–Crippen MR) is 100 cm³/mol. The number of hydrogen-bond donors (Lipinski definition) is 0. The van der Waals surface area contributed by atoms with Crippen molar-refractivity contribution < 1.29 is 14.3 Å². The first-order chi connectivity index (χ1) is 12.6. The van der Waals surface area contributed by atoms with Crippen LogP contribution in [0.3, 0.4) is 0 Å². The molecule has 5 heteroatoms. The molecule has 0 N–H and O–H groups in total. The smallest absolute Gasteiger partial charge is 0.225 e. The van der Waals surface area contributed by atoms with Gasteiger partial charge in [0, 0.05) is 38.6 Å². The minimum atomic E-state index is -0.0803. The lowest BCUT2D eigenvalue weighted by molar-refractivity contribution is -0.152. The molecule has 1 aliphatic carbocycles. The summed E-state index contributed by atoms with van der Waals surface area (Å²) in [6.45, 7) is 7.47. The highest BCUT2D eigenvalue weighted by molar-refractivity contribution is 5.81. The third-order valence-corrected chi connectivity index (χ3v) is 6.28. The second-order valence-electron chi connectivity index (χ2n) is 8.24. The van der Waals surface area contributed by atoms with Crippen LogP contribution in [-0.2, 0) is 16.1 Å². The minimum Gasteiger partial charge on any atom is -0.497 e. The topological polar surface area (TPSA) is 42.0 Å². The van der Waals surface area contributed by atoms with Gasteiger partial charge in [0.1, 0.15) is 5.75 Å². The van der Waals surface area contributed by atoms with E-state index in [0.29, 0.717) is 17.7 Å². The van der Waals surface area contributed by atoms with Crippen molar-refractivity contribution in [3.05, 3.63) is 29.8 Å². The fourth-order valence-corrected chi connectivity index (χ4v) is 4.43. The molecule has 2 aliphatic heterocycles. The van der Waals surface area contributed by atoms with Gasteiger partial charge in [-0.2, -0.15) is 0 Å². The summed E-state index contributed by atoms with van der Waals surface area (Å²) in [4.78, 5) is 17.0. The first-order valence-corrected chi connectivity index (χ1v) is 9.87. The SMILES string of the molecule is COc1cccc(CN2CCOC3(CCN(C(=O)[C@@H]4C[C@H]4C)CC3)C2)c1. The lowest BCUT2D eigenvalue weighted by Gasteiger charge is -2.47. The van der Waals surface area contributed by atoms with Gasteiger partial charge < -0.3 is 14.4 Å². The Morgan fingerprint density at radius 2 is 2.08 bits per heavy atom. The van der Waals surface area contributed by atoms with E-state index < -0.39 is 0 Å². The van der Waals surface area contributed by atoms with Gasteiger partial charge in [-0.25, -0.2) is 0 Å². The van der Waals surface area contributed by atoms with Crippen molar-refractivity contribution in [2.75, 3.05) is 39.9 Å². The molecule has 0 aromatic heterocycles. The van der Waals surface area contributed by atoms with Gasteiger partial charge in [0.05, 0.1) is 19.3 Å². The second-order valence-corrected chi connectivity index (χ2v) is 8.24. The Bertz CT molecular complexity index is 654. The van der Waals surface area contributed by atoms with Crippen LogP contribution in [0.4, 0.5) is 0 Å². The molecule has 2 saturated heterocycles. The van der Waals surface area contributed by atoms with Crippen LogP contribution in [0.15, 0.2) is 24.3 Å². The number of morpholine rings is 1. The summed E-state index contributed by atoms with van der Waals surface area (Å²) in [6, 6.07) is 8.30. The highest BCUT2D eigenvalue weighted by Crippen LogP contribution is 2.40. The Balaban J connectivity index is 1.34. The Kier molecular flexibility index (Phi) is 4.93. The van der Waals surface area contributed by atoms with E-state index in [1.807, 2.05) is 12.1 Å². The molecular formula is C21H30N2O3. The molecule has 0 bridgehead atoms. The molecule has 26 heavy (non-hydrogen) atoms. The molecule has 1 spiro atoms. The standard InChI is InChI=1S/C21H30N2O3/c1-16-12-19(16)20(24)23-8-6-21(7-9-23)15-22(10-11-26-21)14-17-4-3-5-18(13-17)25-2/h3-5,13,16,19H,6-12,14-15H2,1-2H3/t16-,19-/m1/s1. The molecule has 3 fully saturated rings. The zero-order valence-corrected chi connectivity index (χ0v) is 15.9. The number of amides is 1. The Labute approximate surface area is 156 Å². The number of nitrogens with zero attached hydrogens (tertiary/aromatic N) is 2. The van der Waals surface area contributed by atoms with Gasteiger partial charge in [-0.3, -0.25) is 9.69 Å². The van der Waals surface area contributed by atoms with E-state index in [1.165, 1.54) is 5.56 Å². The van der Waals surface area contributed by atoms with Crippen LogP contribution in [0.2, 0.25) is 0 Å². The maximum Gasteiger partial charge on any atom is 0.225 e. The summed E-state index contributed by atoms with van der Waals surface area (Å²) >= 11 is 0. The van der Waals surface area contributed by atoms with Gasteiger partial charge in [0.15, 0.2) is 0 Å². The number of piperidine rings is 1. The van der Waals surface area contributed by atoms with Crippen LogP contribution in [0.1, 0.15) is 31.7 Å². The van der Waals surface area contributed by atoms with Crippen LogP contribution in [-0.4, -0.2) is 61.2 Å². The molecule has 0 radical (unpaired) electrons. The van der Waals surface area contributed by atoms with E-state index >= 15 is 0 Å². The quantitative estimate of drug-likeness (QED) is 0.830. The molecule has 142 valence electrons. The van der Waals surface area contributed by atoms with Gasteiger partial charge in [0.2, 0.25) is 5.91 Å².